The third kappa shape index (κ3) is 4.26. The minimum Gasteiger partial charge on any atom is -0.493 e. The van der Waals surface area contributed by atoms with E-state index in [1.807, 2.05) is 0 Å². The van der Waals surface area contributed by atoms with Crippen LogP contribution in [0.1, 0.15) is 5.56 Å². The molecule has 0 bridgehead atoms. The summed E-state index contributed by atoms with van der Waals surface area (Å²) >= 11 is 0. The minimum absolute atomic E-state index is 0.112. The van der Waals surface area contributed by atoms with Crippen molar-refractivity contribution in [2.24, 2.45) is 0 Å². The summed E-state index contributed by atoms with van der Waals surface area (Å²) in [5.41, 5.74) is 0.675. The third-order valence-corrected chi connectivity index (χ3v) is 3.98. The van der Waals surface area contributed by atoms with E-state index in [-0.39, 0.29) is 23.9 Å². The fourth-order valence-electron chi connectivity index (χ4n) is 2.58. The second kappa shape index (κ2) is 9.17. The molecule has 0 spiro atoms. The molecule has 1 heterocycles. The molecule has 1 aromatic carbocycles. The van der Waals surface area contributed by atoms with E-state index < -0.39 is 37.3 Å². The van der Waals surface area contributed by atoms with Crippen molar-refractivity contribution in [3.05, 3.63) is 23.8 Å². The lowest BCUT2D eigenvalue weighted by molar-refractivity contribution is -0.277. The van der Waals surface area contributed by atoms with Gasteiger partial charge in [0.1, 0.15) is 24.4 Å². The predicted octanol–water partition coefficient (Wildman–Crippen LogP) is -1.11. The van der Waals surface area contributed by atoms with Gasteiger partial charge in [0.2, 0.25) is 12.0 Å². The first-order valence-corrected chi connectivity index (χ1v) is 7.97. The van der Waals surface area contributed by atoms with Gasteiger partial charge in [-0.3, -0.25) is 0 Å². The van der Waals surface area contributed by atoms with Crippen LogP contribution in [0, 0.1) is 0 Å². The number of aliphatic hydroxyl groups is 5. The molecule has 1 saturated heterocycles. The molecule has 0 saturated carbocycles. The van der Waals surface area contributed by atoms with Crippen LogP contribution in [0.3, 0.4) is 0 Å². The van der Waals surface area contributed by atoms with E-state index in [1.54, 1.807) is 18.2 Å². The fraction of sp³-hybridized carbons (Fsp3) is 0.529. The van der Waals surface area contributed by atoms with Gasteiger partial charge < -0.3 is 44.5 Å². The zero-order valence-electron chi connectivity index (χ0n) is 14.5. The van der Waals surface area contributed by atoms with E-state index >= 15 is 0 Å². The van der Waals surface area contributed by atoms with Crippen molar-refractivity contribution in [2.45, 2.75) is 30.7 Å². The van der Waals surface area contributed by atoms with Gasteiger partial charge in [-0.05, 0) is 17.7 Å². The lowest BCUT2D eigenvalue weighted by atomic mass is 9.99. The fourth-order valence-corrected chi connectivity index (χ4v) is 2.58. The van der Waals surface area contributed by atoms with E-state index in [1.165, 1.54) is 20.3 Å². The molecule has 1 aliphatic rings. The predicted molar refractivity (Wildman–Crippen MR) is 90.1 cm³/mol. The van der Waals surface area contributed by atoms with Gasteiger partial charge in [0.05, 0.1) is 27.4 Å². The van der Waals surface area contributed by atoms with E-state index in [0.29, 0.717) is 5.56 Å². The van der Waals surface area contributed by atoms with E-state index in [9.17, 15) is 20.4 Å². The Morgan fingerprint density at radius 3 is 2.12 bits per heavy atom. The average molecular weight is 372 g/mol. The highest BCUT2D eigenvalue weighted by Crippen LogP contribution is 2.40. The van der Waals surface area contributed by atoms with E-state index in [2.05, 4.69) is 0 Å². The molecule has 9 heteroatoms. The summed E-state index contributed by atoms with van der Waals surface area (Å²) < 4.78 is 21.6. The van der Waals surface area contributed by atoms with Crippen molar-refractivity contribution in [1.82, 2.24) is 0 Å². The Bertz CT molecular complexity index is 591. The molecule has 0 aromatic heterocycles. The van der Waals surface area contributed by atoms with Crippen LogP contribution < -0.4 is 14.2 Å². The SMILES string of the molecule is COc1cc(C=CCO)cc(OC)c1OC1OC(CO)C(O)C(O)C1O. The number of aliphatic hydroxyl groups excluding tert-OH is 5. The van der Waals surface area contributed by atoms with Crippen LogP contribution in [0.25, 0.3) is 6.08 Å². The van der Waals surface area contributed by atoms with Crippen LogP contribution in [0.5, 0.6) is 17.2 Å². The van der Waals surface area contributed by atoms with Gasteiger partial charge in [-0.25, -0.2) is 0 Å². The standard InChI is InChI=1S/C17H24O9/c1-23-10-6-9(4-3-5-18)7-11(24-2)16(10)26-17-15(22)14(21)13(20)12(8-19)25-17/h3-4,6-7,12-15,17-22H,5,8H2,1-2H3. The van der Waals surface area contributed by atoms with Crippen LogP contribution in [0.2, 0.25) is 0 Å². The number of methoxy groups -OCH3 is 2. The smallest absolute Gasteiger partial charge is 0.229 e. The molecular formula is C17H24O9. The van der Waals surface area contributed by atoms with Crippen molar-refractivity contribution in [2.75, 3.05) is 27.4 Å². The highest BCUT2D eigenvalue weighted by molar-refractivity contribution is 5.62. The van der Waals surface area contributed by atoms with Crippen molar-refractivity contribution in [1.29, 1.82) is 0 Å². The number of benzene rings is 1. The summed E-state index contributed by atoms with van der Waals surface area (Å²) in [6.07, 6.45) is -3.88. The number of hydrogen-bond donors (Lipinski definition) is 5. The van der Waals surface area contributed by atoms with Crippen molar-refractivity contribution in [3.63, 3.8) is 0 Å². The van der Waals surface area contributed by atoms with Crippen LogP contribution in [-0.4, -0.2) is 83.7 Å². The van der Waals surface area contributed by atoms with Gasteiger partial charge in [0.15, 0.2) is 11.5 Å². The molecule has 5 N–H and O–H groups in total. The molecule has 26 heavy (non-hydrogen) atoms. The summed E-state index contributed by atoms with van der Waals surface area (Å²) in [7, 11) is 2.82. The summed E-state index contributed by atoms with van der Waals surface area (Å²) in [5.74, 6) is 0.637. The average Bonchev–Trinajstić information content (AvgIpc) is 2.66. The molecule has 0 aliphatic carbocycles. The Morgan fingerprint density at radius 1 is 1.00 bits per heavy atom. The maximum absolute atomic E-state index is 10.1. The van der Waals surface area contributed by atoms with Gasteiger partial charge in [-0.1, -0.05) is 12.2 Å². The van der Waals surface area contributed by atoms with Gasteiger partial charge in [0, 0.05) is 0 Å². The zero-order valence-corrected chi connectivity index (χ0v) is 14.5. The molecule has 0 radical (unpaired) electrons. The number of rotatable bonds is 7. The van der Waals surface area contributed by atoms with Crippen molar-refractivity contribution < 1.29 is 44.5 Å². The summed E-state index contributed by atoms with van der Waals surface area (Å²) in [6, 6.07) is 3.24. The lowest BCUT2D eigenvalue weighted by Crippen LogP contribution is -2.60. The number of hydrogen-bond acceptors (Lipinski definition) is 9. The monoisotopic (exact) mass is 372 g/mol. The highest BCUT2D eigenvalue weighted by atomic mass is 16.7. The van der Waals surface area contributed by atoms with Crippen LogP contribution >= 0.6 is 0 Å². The Hall–Kier alpha value is -1.88. The summed E-state index contributed by atoms with van der Waals surface area (Å²) in [5, 5.41) is 48.0. The molecule has 2 rings (SSSR count). The molecule has 5 unspecified atom stereocenters. The van der Waals surface area contributed by atoms with Gasteiger partial charge in [-0.15, -0.1) is 0 Å². The minimum atomic E-state index is -1.56. The molecule has 0 amide bonds. The Morgan fingerprint density at radius 2 is 1.62 bits per heavy atom. The van der Waals surface area contributed by atoms with Crippen LogP contribution in [-0.2, 0) is 4.74 Å². The number of ether oxygens (including phenoxy) is 4. The molecule has 1 aliphatic heterocycles. The maximum atomic E-state index is 10.1. The molecule has 1 aromatic rings. The lowest BCUT2D eigenvalue weighted by Gasteiger charge is -2.39. The van der Waals surface area contributed by atoms with Crippen molar-refractivity contribution >= 4 is 6.08 Å². The first-order valence-electron chi connectivity index (χ1n) is 7.97. The quantitative estimate of drug-likeness (QED) is 0.403. The van der Waals surface area contributed by atoms with Crippen molar-refractivity contribution in [3.8, 4) is 17.2 Å². The Balaban J connectivity index is 2.33. The first kappa shape index (κ1) is 20.4. The van der Waals surface area contributed by atoms with Crippen LogP contribution in [0.15, 0.2) is 18.2 Å². The van der Waals surface area contributed by atoms with Gasteiger partial charge in [-0.2, -0.15) is 0 Å². The molecule has 146 valence electrons. The highest BCUT2D eigenvalue weighted by Gasteiger charge is 2.45. The normalized spacial score (nSPS) is 29.0. The molecule has 1 fully saturated rings. The van der Waals surface area contributed by atoms with E-state index in [0.717, 1.165) is 0 Å². The Kier molecular flexibility index (Phi) is 7.21. The molecule has 9 nitrogen and oxygen atoms in total. The largest absolute Gasteiger partial charge is 0.493 e. The van der Waals surface area contributed by atoms with Gasteiger partial charge >= 0.3 is 0 Å². The molecule has 5 atom stereocenters. The topological polar surface area (TPSA) is 138 Å². The Labute approximate surface area is 150 Å². The second-order valence-electron chi connectivity index (χ2n) is 5.65. The zero-order chi connectivity index (χ0) is 19.3. The van der Waals surface area contributed by atoms with Gasteiger partial charge in [0.25, 0.3) is 0 Å². The maximum Gasteiger partial charge on any atom is 0.229 e. The van der Waals surface area contributed by atoms with E-state index in [4.69, 9.17) is 24.1 Å². The molecular weight excluding hydrogens is 348 g/mol. The third-order valence-electron chi connectivity index (χ3n) is 3.98. The summed E-state index contributed by atoms with van der Waals surface area (Å²) in [4.78, 5) is 0. The second-order valence-corrected chi connectivity index (χ2v) is 5.65. The van der Waals surface area contributed by atoms with Crippen LogP contribution in [0.4, 0.5) is 0 Å². The first-order chi connectivity index (χ1) is 12.5. The summed E-state index contributed by atoms with van der Waals surface area (Å²) in [6.45, 7) is -0.697.